The molecule has 0 bridgehead atoms. The number of non-ortho nitro benzene ring substituents is 1. The topological polar surface area (TPSA) is 158 Å². The second-order valence-electron chi connectivity index (χ2n) is 7.01. The van der Waals surface area contributed by atoms with Crippen molar-refractivity contribution in [2.24, 2.45) is 0 Å². The maximum Gasteiger partial charge on any atom is 0.318 e. The minimum atomic E-state index is -0.795. The predicted octanol–water partition coefficient (Wildman–Crippen LogP) is 5.89. The van der Waals surface area contributed by atoms with E-state index in [2.05, 4.69) is 5.32 Å². The number of nitro groups is 2. The van der Waals surface area contributed by atoms with Crippen molar-refractivity contribution in [2.75, 3.05) is 11.9 Å². The lowest BCUT2D eigenvalue weighted by Crippen LogP contribution is -2.13. The summed E-state index contributed by atoms with van der Waals surface area (Å²) in [4.78, 5) is 33.4. The molecule has 182 valence electrons. The number of para-hydroxylation sites is 1. The third-order valence-electron chi connectivity index (χ3n) is 4.64. The average molecular weight is 509 g/mol. The highest BCUT2D eigenvalue weighted by atomic mass is 35.5. The summed E-state index contributed by atoms with van der Waals surface area (Å²) >= 11 is 6.05. The van der Waals surface area contributed by atoms with E-state index in [0.29, 0.717) is 16.3 Å². The lowest BCUT2D eigenvalue weighted by Gasteiger charge is -2.13. The molecule has 0 fully saturated rings. The number of carbonyl (C=O) groups excluding carboxylic acids is 1. The molecule has 0 unspecified atom stereocenters. The van der Waals surface area contributed by atoms with Crippen molar-refractivity contribution in [1.29, 1.82) is 5.26 Å². The minimum absolute atomic E-state index is 0.0879. The van der Waals surface area contributed by atoms with Crippen molar-refractivity contribution in [3.05, 3.63) is 97.1 Å². The third kappa shape index (κ3) is 6.13. The molecular formula is C24H17ClN4O7. The van der Waals surface area contributed by atoms with Gasteiger partial charge in [-0.3, -0.25) is 25.0 Å². The van der Waals surface area contributed by atoms with Gasteiger partial charge >= 0.3 is 5.69 Å². The molecule has 0 saturated carbocycles. The minimum Gasteiger partial charge on any atom is -0.490 e. The van der Waals surface area contributed by atoms with Crippen LogP contribution in [0.5, 0.6) is 17.2 Å². The molecule has 11 nitrogen and oxygen atoms in total. The average Bonchev–Trinajstić information content (AvgIpc) is 2.85. The van der Waals surface area contributed by atoms with Crippen molar-refractivity contribution >= 4 is 40.6 Å². The largest absolute Gasteiger partial charge is 0.490 e. The van der Waals surface area contributed by atoms with Gasteiger partial charge in [0.1, 0.15) is 11.6 Å². The van der Waals surface area contributed by atoms with Gasteiger partial charge in [0, 0.05) is 6.07 Å². The number of nitrogens with one attached hydrogen (secondary N) is 1. The van der Waals surface area contributed by atoms with E-state index in [0.717, 1.165) is 18.2 Å². The standard InChI is InChI=1S/C24H17ClN4O7/c1-2-35-23-12-15(11-16(14-26)24(30)27-19-6-4-3-5-18(19)25)7-9-22(23)36-21-10-8-17(28(31)32)13-20(21)29(33)34/h3-13H,2H2,1H3,(H,27,30)/b16-11+. The normalized spacial score (nSPS) is 10.8. The molecular weight excluding hydrogens is 492 g/mol. The van der Waals surface area contributed by atoms with Gasteiger partial charge in [-0.15, -0.1) is 0 Å². The number of hydrogen-bond acceptors (Lipinski definition) is 8. The van der Waals surface area contributed by atoms with E-state index in [1.165, 1.54) is 24.3 Å². The number of nitrogens with zero attached hydrogens (tertiary/aromatic N) is 3. The van der Waals surface area contributed by atoms with Gasteiger partial charge in [0.25, 0.3) is 11.6 Å². The number of benzene rings is 3. The van der Waals surface area contributed by atoms with Crippen LogP contribution in [0.1, 0.15) is 12.5 Å². The number of hydrogen-bond donors (Lipinski definition) is 1. The molecule has 0 saturated heterocycles. The monoisotopic (exact) mass is 508 g/mol. The Balaban J connectivity index is 1.92. The Morgan fingerprint density at radius 3 is 2.42 bits per heavy atom. The molecule has 0 spiro atoms. The molecule has 3 aromatic rings. The molecule has 0 atom stereocenters. The van der Waals surface area contributed by atoms with Crippen LogP contribution in [0.15, 0.2) is 66.2 Å². The highest BCUT2D eigenvalue weighted by Crippen LogP contribution is 2.38. The van der Waals surface area contributed by atoms with Gasteiger partial charge in [0.05, 0.1) is 33.2 Å². The van der Waals surface area contributed by atoms with E-state index in [-0.39, 0.29) is 29.4 Å². The maximum atomic E-state index is 12.6. The van der Waals surface area contributed by atoms with Gasteiger partial charge in [0.15, 0.2) is 11.5 Å². The molecule has 1 N–H and O–H groups in total. The molecule has 3 rings (SSSR count). The van der Waals surface area contributed by atoms with E-state index in [1.807, 2.05) is 6.07 Å². The Morgan fingerprint density at radius 1 is 1.06 bits per heavy atom. The summed E-state index contributed by atoms with van der Waals surface area (Å²) in [5.74, 6) is -0.648. The third-order valence-corrected chi connectivity index (χ3v) is 4.97. The molecule has 0 radical (unpaired) electrons. The van der Waals surface area contributed by atoms with Crippen molar-refractivity contribution in [1.82, 2.24) is 0 Å². The zero-order valence-corrected chi connectivity index (χ0v) is 19.4. The van der Waals surface area contributed by atoms with Gasteiger partial charge in [-0.05, 0) is 48.9 Å². The molecule has 36 heavy (non-hydrogen) atoms. The van der Waals surface area contributed by atoms with Gasteiger partial charge in [-0.1, -0.05) is 29.8 Å². The Kier molecular flexibility index (Phi) is 8.17. The molecule has 0 aliphatic heterocycles. The summed E-state index contributed by atoms with van der Waals surface area (Å²) in [6, 6.07) is 15.8. The van der Waals surface area contributed by atoms with Crippen LogP contribution in [0.2, 0.25) is 5.02 Å². The van der Waals surface area contributed by atoms with Crippen LogP contribution in [0.25, 0.3) is 6.08 Å². The number of nitro benzene ring substituents is 2. The summed E-state index contributed by atoms with van der Waals surface area (Å²) in [7, 11) is 0. The number of rotatable bonds is 9. The number of anilines is 1. The molecule has 1 amide bonds. The molecule has 0 aromatic heterocycles. The van der Waals surface area contributed by atoms with Crippen molar-refractivity contribution in [2.45, 2.75) is 6.92 Å². The smallest absolute Gasteiger partial charge is 0.318 e. The summed E-state index contributed by atoms with van der Waals surface area (Å²) < 4.78 is 11.2. The first kappa shape index (κ1) is 25.7. The molecule has 0 aliphatic rings. The van der Waals surface area contributed by atoms with Crippen LogP contribution in [0, 0.1) is 31.6 Å². The second kappa shape index (κ2) is 11.5. The number of amides is 1. The Labute approximate surface area is 209 Å². The lowest BCUT2D eigenvalue weighted by atomic mass is 10.1. The second-order valence-corrected chi connectivity index (χ2v) is 7.42. The van der Waals surface area contributed by atoms with Crippen LogP contribution in [0.3, 0.4) is 0 Å². The van der Waals surface area contributed by atoms with Gasteiger partial charge < -0.3 is 14.8 Å². The zero-order valence-electron chi connectivity index (χ0n) is 18.6. The Bertz CT molecular complexity index is 1420. The van der Waals surface area contributed by atoms with Crippen LogP contribution in [-0.4, -0.2) is 22.4 Å². The summed E-state index contributed by atoms with van der Waals surface area (Å²) in [6.45, 7) is 1.92. The van der Waals surface area contributed by atoms with Gasteiger partial charge in [-0.2, -0.15) is 5.26 Å². The number of halogens is 1. The van der Waals surface area contributed by atoms with Crippen LogP contribution in [0.4, 0.5) is 17.1 Å². The number of carbonyl (C=O) groups is 1. The Hall–Kier alpha value is -4.95. The predicted molar refractivity (Wildman–Crippen MR) is 131 cm³/mol. The van der Waals surface area contributed by atoms with E-state index in [9.17, 15) is 30.3 Å². The fraction of sp³-hybridized carbons (Fsp3) is 0.0833. The maximum absolute atomic E-state index is 12.6. The van der Waals surface area contributed by atoms with Crippen molar-refractivity contribution < 1.29 is 24.1 Å². The van der Waals surface area contributed by atoms with Gasteiger partial charge in [-0.25, -0.2) is 0 Å². The van der Waals surface area contributed by atoms with E-state index < -0.39 is 27.1 Å². The highest BCUT2D eigenvalue weighted by molar-refractivity contribution is 6.34. The summed E-state index contributed by atoms with van der Waals surface area (Å²) in [5, 5.41) is 34.7. The molecule has 12 heteroatoms. The summed E-state index contributed by atoms with van der Waals surface area (Å²) in [5.41, 5.74) is -0.516. The molecule has 0 aliphatic carbocycles. The van der Waals surface area contributed by atoms with E-state index >= 15 is 0 Å². The van der Waals surface area contributed by atoms with Crippen LogP contribution >= 0.6 is 11.6 Å². The lowest BCUT2D eigenvalue weighted by molar-refractivity contribution is -0.394. The highest BCUT2D eigenvalue weighted by Gasteiger charge is 2.22. The van der Waals surface area contributed by atoms with Crippen LogP contribution in [-0.2, 0) is 4.79 Å². The van der Waals surface area contributed by atoms with E-state index in [1.54, 1.807) is 31.2 Å². The zero-order chi connectivity index (χ0) is 26.2. The van der Waals surface area contributed by atoms with E-state index in [4.69, 9.17) is 21.1 Å². The van der Waals surface area contributed by atoms with Gasteiger partial charge in [0.2, 0.25) is 5.75 Å². The fourth-order valence-corrected chi connectivity index (χ4v) is 3.18. The van der Waals surface area contributed by atoms with Crippen molar-refractivity contribution in [3.8, 4) is 23.3 Å². The Morgan fingerprint density at radius 2 is 1.78 bits per heavy atom. The van der Waals surface area contributed by atoms with Crippen molar-refractivity contribution in [3.63, 3.8) is 0 Å². The first-order valence-corrected chi connectivity index (χ1v) is 10.7. The fourth-order valence-electron chi connectivity index (χ4n) is 3.00. The SMILES string of the molecule is CCOc1cc(/C=C(\C#N)C(=O)Nc2ccccc2Cl)ccc1Oc1ccc([N+](=O)[O-])cc1[N+](=O)[O-]. The first-order chi connectivity index (χ1) is 17.2. The number of nitriles is 1. The summed E-state index contributed by atoms with van der Waals surface area (Å²) in [6.07, 6.45) is 1.33. The first-order valence-electron chi connectivity index (χ1n) is 10.3. The van der Waals surface area contributed by atoms with Crippen LogP contribution < -0.4 is 14.8 Å². The molecule has 3 aromatic carbocycles. The quantitative estimate of drug-likeness (QED) is 0.162. The molecule has 0 heterocycles. The number of ether oxygens (including phenoxy) is 2.